The topological polar surface area (TPSA) is 128 Å². The van der Waals surface area contributed by atoms with E-state index in [0.29, 0.717) is 24.6 Å². The molecule has 21 heteroatoms. The first-order valence-corrected chi connectivity index (χ1v) is 39.8. The van der Waals surface area contributed by atoms with Crippen molar-refractivity contribution in [2.75, 3.05) is 13.7 Å². The van der Waals surface area contributed by atoms with Crippen LogP contribution >= 0.6 is 12.9 Å². The number of thiol groups is 1. The fourth-order valence-electron chi connectivity index (χ4n) is 14.2. The summed E-state index contributed by atoms with van der Waals surface area (Å²) in [6.07, 6.45) is 30.1. The molecule has 368 valence electrons. The minimum absolute atomic E-state index is 0.00200. The van der Waals surface area contributed by atoms with E-state index in [1.807, 2.05) is 7.11 Å². The molecule has 3 heterocycles. The van der Waals surface area contributed by atoms with Crippen molar-refractivity contribution >= 4 is 80.3 Å². The van der Waals surface area contributed by atoms with E-state index < -0.39 is 61.4 Å². The molecule has 65 heavy (non-hydrogen) atoms. The number of hydrogen-bond acceptors (Lipinski definition) is 14. The Hall–Kier alpha value is 0.638. The van der Waals surface area contributed by atoms with E-state index in [-0.39, 0.29) is 44.8 Å². The predicted molar refractivity (Wildman–Crippen MR) is 262 cm³/mol. The lowest BCUT2D eigenvalue weighted by Crippen LogP contribution is -2.85. The monoisotopic (exact) mass is 1040 g/mol. The van der Waals surface area contributed by atoms with Crippen LogP contribution in [0.4, 0.5) is 0 Å². The highest BCUT2D eigenvalue weighted by Gasteiger charge is 2.83. The van der Waals surface area contributed by atoms with Gasteiger partial charge in [-0.1, -0.05) is 96.5 Å². The molecule has 0 spiro atoms. The maximum Gasteiger partial charge on any atom is 0.500 e. The van der Waals surface area contributed by atoms with E-state index in [1.54, 1.807) is 6.92 Å². The summed E-state index contributed by atoms with van der Waals surface area (Å²) in [6.45, 7) is 5.84. The summed E-state index contributed by atoms with van der Waals surface area (Å²) >= 11 is 4.93. The Labute approximate surface area is 403 Å². The average Bonchev–Trinajstić information content (AvgIpc) is 4.14. The van der Waals surface area contributed by atoms with Crippen LogP contribution in [0.1, 0.15) is 200 Å². The molecule has 7 unspecified atom stereocenters. The van der Waals surface area contributed by atoms with Gasteiger partial charge in [0, 0.05) is 51.5 Å². The molecule has 0 amide bonds. The van der Waals surface area contributed by atoms with Crippen LogP contribution in [0.2, 0.25) is 44.8 Å². The second kappa shape index (κ2) is 20.3. The number of unbranched alkanes of at least 4 members (excludes halogenated alkanes) is 1. The summed E-state index contributed by atoms with van der Waals surface area (Å²) in [5.41, 5.74) is 0.733. The number of carbonyl (C=O) groups excluding carboxylic acids is 1. The average molecular weight is 1050 g/mol. The minimum atomic E-state index is -3.98. The maximum absolute atomic E-state index is 12.6. The summed E-state index contributed by atoms with van der Waals surface area (Å²) < 4.78 is 95.5. The summed E-state index contributed by atoms with van der Waals surface area (Å²) in [7, 11) is -25.2. The first kappa shape index (κ1) is 49.2. The van der Waals surface area contributed by atoms with Crippen LogP contribution in [-0.4, -0.2) is 81.1 Å². The van der Waals surface area contributed by atoms with Crippen LogP contribution in [-0.2, 0) is 54.9 Å². The predicted octanol–water partition coefficient (Wildman–Crippen LogP) is 12.3. The Morgan fingerprint density at radius 2 is 0.800 bits per heavy atom. The molecule has 0 aromatic rings. The van der Waals surface area contributed by atoms with E-state index in [0.717, 1.165) is 186 Å². The zero-order valence-electron chi connectivity index (χ0n) is 39.6. The number of esters is 1. The van der Waals surface area contributed by atoms with Crippen LogP contribution in [0.3, 0.4) is 0 Å². The second-order valence-corrected chi connectivity index (χ2v) is 45.5. The summed E-state index contributed by atoms with van der Waals surface area (Å²) in [6, 6.07) is 0.691. The first-order valence-electron chi connectivity index (χ1n) is 26.6. The van der Waals surface area contributed by atoms with Gasteiger partial charge in [-0.05, 0) is 129 Å². The molecule has 0 aromatic carbocycles. The van der Waals surface area contributed by atoms with Gasteiger partial charge in [-0.2, -0.15) is 0 Å². The highest BCUT2D eigenvalue weighted by molar-refractivity contribution is 7.76. The number of hydrogen-bond donors (Lipinski definition) is 1. The van der Waals surface area contributed by atoms with Gasteiger partial charge >= 0.3 is 67.4 Å². The smallest absolute Gasteiger partial charge is 0.462 e. The third-order valence-corrected chi connectivity index (χ3v) is 52.5. The quantitative estimate of drug-likeness (QED) is 0.0418. The Morgan fingerprint density at radius 3 is 1.17 bits per heavy atom. The molecule has 0 N–H and O–H groups in total. The number of rotatable bonds is 15. The molecule has 10 aliphatic rings. The molecule has 7 saturated carbocycles. The Balaban J connectivity index is 1.23. The van der Waals surface area contributed by atoms with Crippen molar-refractivity contribution in [2.24, 2.45) is 0 Å². The van der Waals surface area contributed by atoms with E-state index >= 15 is 0 Å². The lowest BCUT2D eigenvalue weighted by Gasteiger charge is -2.62. The maximum atomic E-state index is 12.6. The third kappa shape index (κ3) is 9.36. The first-order chi connectivity index (χ1) is 31.5. The van der Waals surface area contributed by atoms with E-state index in [4.69, 9.17) is 63.0 Å². The van der Waals surface area contributed by atoms with Crippen molar-refractivity contribution in [2.45, 2.75) is 244 Å². The van der Waals surface area contributed by atoms with Gasteiger partial charge in [-0.15, -0.1) is 0 Å². The van der Waals surface area contributed by atoms with Gasteiger partial charge in [0.15, 0.2) is 0 Å². The van der Waals surface area contributed by atoms with Crippen molar-refractivity contribution in [3.8, 4) is 0 Å². The van der Waals surface area contributed by atoms with Crippen LogP contribution in [0.15, 0.2) is 12.2 Å². The molecular weight excluding hydrogens is 965 g/mol. The van der Waals surface area contributed by atoms with E-state index in [9.17, 15) is 4.79 Å². The highest BCUT2D eigenvalue weighted by Crippen LogP contribution is 2.63. The van der Waals surface area contributed by atoms with Gasteiger partial charge < -0.3 is 50.1 Å². The lowest BCUT2D eigenvalue weighted by molar-refractivity contribution is -0.139. The molecule has 3 aliphatic heterocycles. The van der Waals surface area contributed by atoms with Gasteiger partial charge in [-0.3, -0.25) is 0 Å². The van der Waals surface area contributed by atoms with Crippen molar-refractivity contribution in [3.05, 3.63) is 12.2 Å². The summed E-state index contributed by atoms with van der Waals surface area (Å²) in [5.74, 6) is -0.350. The van der Waals surface area contributed by atoms with Crippen molar-refractivity contribution in [1.82, 2.24) is 0 Å². The molecular formula is C44H80O13SSi7. The van der Waals surface area contributed by atoms with Gasteiger partial charge in [-0.25, -0.2) is 4.79 Å². The molecule has 0 aromatic heterocycles. The third-order valence-electron chi connectivity index (χ3n) is 17.6. The SMILES string of the molecule is C=C(C)C(=O)OCCCC[Si]1(C2CCCC2)O[Si]2(C3CCCC3)O[Si](OC)(C3CCCC3)O[Si]3(C4CCCC4)O[Si](OS)(C4CCCC4)O[Si](C4CCCC4)(O1)O[Si](C1CCCC1)(O2)O3. The van der Waals surface area contributed by atoms with Crippen LogP contribution in [0.5, 0.6) is 0 Å². The van der Waals surface area contributed by atoms with Gasteiger partial charge in [0.1, 0.15) is 0 Å². The van der Waals surface area contributed by atoms with Crippen molar-refractivity contribution in [3.63, 3.8) is 0 Å². The van der Waals surface area contributed by atoms with Gasteiger partial charge in [0.25, 0.3) is 0 Å². The fourth-order valence-corrected chi connectivity index (χ4v) is 61.7. The molecule has 7 aliphatic carbocycles. The molecule has 4 bridgehead atoms. The minimum Gasteiger partial charge on any atom is -0.462 e. The Morgan fingerprint density at radius 1 is 0.477 bits per heavy atom. The molecule has 10 rings (SSSR count). The summed E-state index contributed by atoms with van der Waals surface area (Å²) in [4.78, 5) is 12.6. The molecule has 13 nitrogen and oxygen atoms in total. The molecule has 3 saturated heterocycles. The van der Waals surface area contributed by atoms with Crippen LogP contribution in [0.25, 0.3) is 0 Å². The lowest BCUT2D eigenvalue weighted by atomic mass is 10.3. The second-order valence-electron chi connectivity index (χ2n) is 21.9. The summed E-state index contributed by atoms with van der Waals surface area (Å²) in [5, 5.41) is 0. The van der Waals surface area contributed by atoms with Crippen LogP contribution in [0, 0.1) is 0 Å². The zero-order chi connectivity index (χ0) is 44.8. The Bertz CT molecular complexity index is 1600. The van der Waals surface area contributed by atoms with E-state index in [2.05, 4.69) is 6.58 Å². The van der Waals surface area contributed by atoms with Crippen LogP contribution < -0.4 is 0 Å². The van der Waals surface area contributed by atoms with Crippen molar-refractivity contribution in [1.29, 1.82) is 0 Å². The largest absolute Gasteiger partial charge is 0.500 e. The van der Waals surface area contributed by atoms with E-state index in [1.165, 1.54) is 0 Å². The normalized spacial score (nSPS) is 42.1. The number of fused-ring (bicyclic) bond motifs is 3. The fraction of sp³-hybridized carbons (Fsp3) is 0.932. The number of ether oxygens (including phenoxy) is 1. The molecule has 10 fully saturated rings. The molecule has 0 radical (unpaired) electrons. The molecule has 7 atom stereocenters. The highest BCUT2D eigenvalue weighted by atomic mass is 32.1. The van der Waals surface area contributed by atoms with Gasteiger partial charge in [0.05, 0.1) is 6.61 Å². The van der Waals surface area contributed by atoms with Gasteiger partial charge in [0.2, 0.25) is 0 Å². The zero-order valence-corrected chi connectivity index (χ0v) is 47.5. The number of carbonyl (C=O) groups is 1. The Kier molecular flexibility index (Phi) is 15.4. The standard InChI is InChI=1S/C44H80O13SSi7/c1-36(2)44(45)47-34-18-19-35-59(37-20-4-5-21-37)49-62(40-26-10-11-27-40)51-60(46-3,38-22-6-7-23-38)52-64(42-30-14-15-31-42)54-61(48-58,39-24-8-9-25-39)53-63(50-59,41-28-12-13-29-41)56-65(55-62,57-64)43-32-16-17-33-43/h37-43,58H,1,4-35H2,2-3H3. The van der Waals surface area contributed by atoms with Crippen molar-refractivity contribution < 1.29 is 54.9 Å².